The van der Waals surface area contributed by atoms with Crippen molar-refractivity contribution in [3.05, 3.63) is 76.1 Å². The van der Waals surface area contributed by atoms with Crippen molar-refractivity contribution in [2.75, 3.05) is 0 Å². The predicted molar refractivity (Wildman–Crippen MR) is 165 cm³/mol. The van der Waals surface area contributed by atoms with Gasteiger partial charge in [-0.3, -0.25) is 10.2 Å². The van der Waals surface area contributed by atoms with Crippen molar-refractivity contribution in [3.63, 3.8) is 0 Å². The van der Waals surface area contributed by atoms with E-state index in [0.717, 1.165) is 31.8 Å². The van der Waals surface area contributed by atoms with Crippen molar-refractivity contribution in [2.45, 2.75) is 72.6 Å². The Kier molecular flexibility index (Phi) is 14.2. The van der Waals surface area contributed by atoms with Crippen LogP contribution in [0.1, 0.15) is 64.9 Å². The minimum absolute atomic E-state index is 1.06. The molecule has 0 unspecified atom stereocenters. The van der Waals surface area contributed by atoms with Crippen LogP contribution in [-0.2, 0) is 0 Å². The molecule has 0 radical (unpaired) electrons. The number of nitrogens with one attached hydrogen (secondary N) is 2. The Morgan fingerprint density at radius 1 is 0.778 bits per heavy atom. The number of fused-ring (bicyclic) bond motifs is 2. The fraction of sp³-hybridized carbons (Fsp3) is 0.400. The average Bonchev–Trinajstić information content (AvgIpc) is 3.58. The van der Waals surface area contributed by atoms with Crippen molar-refractivity contribution in [1.29, 1.82) is 0 Å². The van der Waals surface area contributed by atoms with Gasteiger partial charge in [0.15, 0.2) is 0 Å². The maximum absolute atomic E-state index is 4.19. The van der Waals surface area contributed by atoms with Crippen LogP contribution >= 0.6 is 15.9 Å². The molecule has 2 aromatic heterocycles. The number of benzene rings is 2. The molecule has 2 heterocycles. The van der Waals surface area contributed by atoms with Gasteiger partial charge in [0.2, 0.25) is 0 Å². The molecule has 0 bridgehead atoms. The Morgan fingerprint density at radius 2 is 1.28 bits per heavy atom. The summed E-state index contributed by atoms with van der Waals surface area (Å²) in [4.78, 5) is 0. The van der Waals surface area contributed by atoms with Gasteiger partial charge in [0, 0.05) is 15.2 Å². The number of rotatable bonds is 11. The molecular weight excluding hydrogens is 615 g/mol. The van der Waals surface area contributed by atoms with E-state index in [4.69, 9.17) is 0 Å². The monoisotopic (exact) mass is 658 g/mol. The minimum atomic E-state index is -1.85. The van der Waals surface area contributed by atoms with Crippen LogP contribution in [0.5, 0.6) is 0 Å². The first-order valence-corrected chi connectivity index (χ1v) is 21.8. The number of aromatic amines is 2. The summed E-state index contributed by atoms with van der Waals surface area (Å²) < 4.78 is 8.23. The third-order valence-electron chi connectivity index (χ3n) is 6.62. The Balaban J connectivity index is 0.000000194. The number of aromatic nitrogens is 4. The fourth-order valence-corrected chi connectivity index (χ4v) is 17.6. The quantitative estimate of drug-likeness (QED) is 0.158. The van der Waals surface area contributed by atoms with E-state index in [1.54, 1.807) is 13.3 Å². The SMILES string of the molecule is Brc1ccc2cn[nH]c2c1.C=Cc1ccc2cn[nH]c2c1.C=[CH][Sn]([CH2]CCC)([CH2]CCC)[CH2]CCC. The molecular formula is C30H43BrN4Sn. The molecule has 0 saturated carbocycles. The Bertz CT molecular complexity index is 1160. The molecule has 0 fully saturated rings. The second kappa shape index (κ2) is 16.8. The van der Waals surface area contributed by atoms with Crippen molar-refractivity contribution >= 4 is 62.2 Å². The zero-order valence-corrected chi connectivity index (χ0v) is 26.8. The van der Waals surface area contributed by atoms with Crippen molar-refractivity contribution in [2.24, 2.45) is 0 Å². The third kappa shape index (κ3) is 9.89. The second-order valence-electron chi connectivity index (χ2n) is 9.40. The molecule has 6 heteroatoms. The normalized spacial score (nSPS) is 10.9. The van der Waals surface area contributed by atoms with Crippen molar-refractivity contribution in [3.8, 4) is 0 Å². The van der Waals surface area contributed by atoms with Gasteiger partial charge in [-0.25, -0.2) is 0 Å². The number of H-pyrrole nitrogens is 2. The molecule has 4 rings (SSSR count). The molecule has 36 heavy (non-hydrogen) atoms. The molecule has 0 aliphatic heterocycles. The van der Waals surface area contributed by atoms with Gasteiger partial charge in [0.05, 0.1) is 23.4 Å². The number of unbranched alkanes of at least 4 members (excludes halogenated alkanes) is 3. The zero-order valence-electron chi connectivity index (χ0n) is 22.3. The molecule has 0 amide bonds. The van der Waals surface area contributed by atoms with Crippen molar-refractivity contribution < 1.29 is 0 Å². The van der Waals surface area contributed by atoms with Gasteiger partial charge in [-0.2, -0.15) is 10.2 Å². The van der Waals surface area contributed by atoms with Crippen LogP contribution in [0.2, 0.25) is 13.3 Å². The zero-order chi connectivity index (χ0) is 26.2. The van der Waals surface area contributed by atoms with Gasteiger partial charge in [-0.05, 0) is 23.8 Å². The van der Waals surface area contributed by atoms with E-state index < -0.39 is 18.4 Å². The van der Waals surface area contributed by atoms with E-state index >= 15 is 0 Å². The van der Waals surface area contributed by atoms with Crippen LogP contribution in [0.15, 0.2) is 70.5 Å². The molecule has 194 valence electrons. The van der Waals surface area contributed by atoms with Gasteiger partial charge in [0.1, 0.15) is 0 Å². The Hall–Kier alpha value is -1.86. The van der Waals surface area contributed by atoms with Crippen molar-refractivity contribution in [1.82, 2.24) is 20.4 Å². The molecule has 2 N–H and O–H groups in total. The van der Waals surface area contributed by atoms with E-state index in [1.807, 2.05) is 54.9 Å². The van der Waals surface area contributed by atoms with E-state index in [0.29, 0.717) is 0 Å². The van der Waals surface area contributed by atoms with Gasteiger partial charge >= 0.3 is 102 Å². The van der Waals surface area contributed by atoms with Gasteiger partial charge in [-0.1, -0.05) is 46.8 Å². The van der Waals surface area contributed by atoms with Crippen LogP contribution in [0.4, 0.5) is 0 Å². The summed E-state index contributed by atoms with van der Waals surface area (Å²) >= 11 is 1.52. The summed E-state index contributed by atoms with van der Waals surface area (Å²) in [5.41, 5.74) is 3.23. The van der Waals surface area contributed by atoms with E-state index in [2.05, 4.69) is 74.3 Å². The number of hydrogen-bond donors (Lipinski definition) is 2. The Morgan fingerprint density at radius 3 is 1.75 bits per heavy atom. The average molecular weight is 658 g/mol. The number of nitrogens with zero attached hydrogens (tertiary/aromatic N) is 2. The summed E-state index contributed by atoms with van der Waals surface area (Å²) in [5.74, 6) is 0. The molecule has 4 aromatic rings. The Labute approximate surface area is 230 Å². The van der Waals surface area contributed by atoms with Crippen LogP contribution in [0.25, 0.3) is 27.9 Å². The van der Waals surface area contributed by atoms with Crippen LogP contribution < -0.4 is 0 Å². The molecule has 4 nitrogen and oxygen atoms in total. The molecule has 0 spiro atoms. The second-order valence-corrected chi connectivity index (χ2v) is 23.5. The van der Waals surface area contributed by atoms with Gasteiger partial charge in [0.25, 0.3) is 0 Å². The molecule has 0 aliphatic carbocycles. The van der Waals surface area contributed by atoms with Crippen LogP contribution in [0, 0.1) is 0 Å². The van der Waals surface area contributed by atoms with Crippen LogP contribution in [-0.4, -0.2) is 38.8 Å². The third-order valence-corrected chi connectivity index (χ3v) is 21.1. The number of hydrogen-bond acceptors (Lipinski definition) is 2. The molecule has 2 aromatic carbocycles. The summed E-state index contributed by atoms with van der Waals surface area (Å²) in [6.07, 6.45) is 13.9. The topological polar surface area (TPSA) is 57.4 Å². The van der Waals surface area contributed by atoms with E-state index in [1.165, 1.54) is 38.5 Å². The summed E-state index contributed by atoms with van der Waals surface area (Å²) in [5, 5.41) is 15.9. The first kappa shape index (κ1) is 30.4. The predicted octanol–water partition coefficient (Wildman–Crippen LogP) is 10.1. The molecule has 0 atom stereocenters. The van der Waals surface area contributed by atoms with E-state index in [-0.39, 0.29) is 0 Å². The summed E-state index contributed by atoms with van der Waals surface area (Å²) in [6.45, 7) is 14.8. The van der Waals surface area contributed by atoms with Gasteiger partial charge < -0.3 is 0 Å². The fourth-order valence-electron chi connectivity index (χ4n) is 4.26. The summed E-state index contributed by atoms with van der Waals surface area (Å²) in [7, 11) is 0. The first-order valence-electron chi connectivity index (χ1n) is 13.3. The molecule has 0 saturated heterocycles. The first-order chi connectivity index (χ1) is 17.5. The van der Waals surface area contributed by atoms with Gasteiger partial charge in [-0.15, -0.1) is 0 Å². The maximum atomic E-state index is 4.19. The summed E-state index contributed by atoms with van der Waals surface area (Å²) in [6, 6.07) is 12.1. The van der Waals surface area contributed by atoms with E-state index in [9.17, 15) is 0 Å². The number of halogens is 1. The van der Waals surface area contributed by atoms with Crippen LogP contribution in [0.3, 0.4) is 0 Å². The molecule has 0 aliphatic rings. The standard InChI is InChI=1S/C9H8N2.C7H5BrN2.3C4H9.C2H3.Sn/c1-2-7-3-4-8-6-10-11-9(8)5-7;8-6-2-1-5-4-9-10-7(5)3-6;3*1-3-4-2;1-2;/h2-6H,1H2,(H,10,11);1-4H,(H,9,10);3*1,3-4H2,2H3;1H,2H2;.